The highest BCUT2D eigenvalue weighted by Gasteiger charge is 2.14. The van der Waals surface area contributed by atoms with E-state index in [2.05, 4.69) is 38.0 Å². The molecule has 0 aliphatic carbocycles. The van der Waals surface area contributed by atoms with Crippen LogP contribution in [-0.4, -0.2) is 50.8 Å². The van der Waals surface area contributed by atoms with Gasteiger partial charge in [-0.1, -0.05) is 20.3 Å². The van der Waals surface area contributed by atoms with Crippen molar-refractivity contribution in [2.45, 2.75) is 52.1 Å². The Balaban J connectivity index is 3.94. The molecule has 0 bridgehead atoms. The molecule has 0 fully saturated rings. The predicted molar refractivity (Wildman–Crippen MR) is 71.0 cm³/mol. The Labute approximate surface area is 102 Å². The molecule has 0 spiro atoms. The summed E-state index contributed by atoms with van der Waals surface area (Å²) in [4.78, 5) is 2.38. The zero-order valence-electron chi connectivity index (χ0n) is 11.8. The van der Waals surface area contributed by atoms with Gasteiger partial charge in [-0.3, -0.25) is 4.90 Å². The first-order valence-corrected chi connectivity index (χ1v) is 6.58. The number of hydrogen-bond donors (Lipinski definition) is 1. The fraction of sp³-hybridized carbons (Fsp3) is 1.00. The van der Waals surface area contributed by atoms with Gasteiger partial charge in [-0.2, -0.15) is 0 Å². The van der Waals surface area contributed by atoms with E-state index in [0.717, 1.165) is 19.7 Å². The third kappa shape index (κ3) is 7.20. The maximum absolute atomic E-state index is 5.19. The monoisotopic (exact) mass is 230 g/mol. The molecule has 0 aromatic heterocycles. The van der Waals surface area contributed by atoms with Crippen molar-refractivity contribution in [3.05, 3.63) is 0 Å². The molecule has 0 aromatic rings. The van der Waals surface area contributed by atoms with E-state index in [1.165, 1.54) is 19.3 Å². The average molecular weight is 230 g/mol. The molecule has 16 heavy (non-hydrogen) atoms. The second-order valence-electron chi connectivity index (χ2n) is 4.68. The van der Waals surface area contributed by atoms with Crippen molar-refractivity contribution < 1.29 is 4.74 Å². The lowest BCUT2D eigenvalue weighted by molar-refractivity contribution is 0.108. The second kappa shape index (κ2) is 10.1. The SMILES string of the molecule is CCCNC(CCC)CN(C)C(C)COC. The number of rotatable bonds is 10. The predicted octanol–water partition coefficient (Wildman–Crippen LogP) is 2.12. The number of hydrogen-bond acceptors (Lipinski definition) is 3. The van der Waals surface area contributed by atoms with Gasteiger partial charge in [0.05, 0.1) is 6.61 Å². The maximum Gasteiger partial charge on any atom is 0.0615 e. The van der Waals surface area contributed by atoms with Crippen molar-refractivity contribution in [1.82, 2.24) is 10.2 Å². The van der Waals surface area contributed by atoms with E-state index in [1.807, 2.05) is 0 Å². The molecule has 0 amide bonds. The first-order chi connectivity index (χ1) is 7.65. The van der Waals surface area contributed by atoms with Crippen LogP contribution < -0.4 is 5.32 Å². The van der Waals surface area contributed by atoms with Crippen molar-refractivity contribution in [3.8, 4) is 0 Å². The van der Waals surface area contributed by atoms with Gasteiger partial charge in [0.15, 0.2) is 0 Å². The highest BCUT2D eigenvalue weighted by atomic mass is 16.5. The Morgan fingerprint density at radius 3 is 2.44 bits per heavy atom. The van der Waals surface area contributed by atoms with Crippen molar-refractivity contribution in [2.24, 2.45) is 0 Å². The largest absolute Gasteiger partial charge is 0.383 e. The molecule has 3 heteroatoms. The zero-order valence-corrected chi connectivity index (χ0v) is 11.8. The summed E-state index contributed by atoms with van der Waals surface area (Å²) in [7, 11) is 3.95. The summed E-state index contributed by atoms with van der Waals surface area (Å²) in [5, 5.41) is 3.62. The smallest absolute Gasteiger partial charge is 0.0615 e. The van der Waals surface area contributed by atoms with Gasteiger partial charge in [-0.25, -0.2) is 0 Å². The molecule has 0 aliphatic rings. The van der Waals surface area contributed by atoms with Crippen LogP contribution in [0.1, 0.15) is 40.0 Å². The summed E-state index contributed by atoms with van der Waals surface area (Å²) >= 11 is 0. The van der Waals surface area contributed by atoms with E-state index in [1.54, 1.807) is 7.11 Å². The molecule has 3 nitrogen and oxygen atoms in total. The van der Waals surface area contributed by atoms with Crippen LogP contribution in [0.4, 0.5) is 0 Å². The van der Waals surface area contributed by atoms with E-state index in [9.17, 15) is 0 Å². The van der Waals surface area contributed by atoms with E-state index in [0.29, 0.717) is 12.1 Å². The molecule has 0 heterocycles. The quantitative estimate of drug-likeness (QED) is 0.622. The topological polar surface area (TPSA) is 24.5 Å². The van der Waals surface area contributed by atoms with Gasteiger partial charge >= 0.3 is 0 Å². The molecular formula is C13H30N2O. The number of ether oxygens (including phenoxy) is 1. The number of likely N-dealkylation sites (N-methyl/N-ethyl adjacent to an activating group) is 1. The first kappa shape index (κ1) is 15.9. The number of nitrogens with zero attached hydrogens (tertiary/aromatic N) is 1. The van der Waals surface area contributed by atoms with Crippen LogP contribution in [0.25, 0.3) is 0 Å². The third-order valence-corrected chi connectivity index (χ3v) is 2.99. The van der Waals surface area contributed by atoms with Gasteiger partial charge < -0.3 is 10.1 Å². The van der Waals surface area contributed by atoms with Gasteiger partial charge in [-0.15, -0.1) is 0 Å². The summed E-state index contributed by atoms with van der Waals surface area (Å²) in [6.45, 7) is 9.72. The fourth-order valence-electron chi connectivity index (χ4n) is 1.85. The van der Waals surface area contributed by atoms with Crippen molar-refractivity contribution in [2.75, 3.05) is 33.9 Å². The van der Waals surface area contributed by atoms with Crippen molar-refractivity contribution in [3.63, 3.8) is 0 Å². The standard InChI is InChI=1S/C13H30N2O/c1-6-8-13(14-9-7-2)10-15(4)12(3)11-16-5/h12-14H,6-11H2,1-5H3. The summed E-state index contributed by atoms with van der Waals surface area (Å²) in [5.41, 5.74) is 0. The first-order valence-electron chi connectivity index (χ1n) is 6.58. The Kier molecular flexibility index (Phi) is 9.99. The third-order valence-electron chi connectivity index (χ3n) is 2.99. The van der Waals surface area contributed by atoms with Crippen LogP contribution in [0.5, 0.6) is 0 Å². The molecule has 0 aliphatic heterocycles. The summed E-state index contributed by atoms with van der Waals surface area (Å²) < 4.78 is 5.19. The van der Waals surface area contributed by atoms with Crippen LogP contribution in [0.3, 0.4) is 0 Å². The molecule has 0 saturated heterocycles. The normalized spacial score (nSPS) is 15.4. The lowest BCUT2D eigenvalue weighted by Crippen LogP contribution is -2.44. The van der Waals surface area contributed by atoms with Gasteiger partial charge in [-0.05, 0) is 33.4 Å². The molecule has 1 N–H and O–H groups in total. The highest BCUT2D eigenvalue weighted by molar-refractivity contribution is 4.73. The molecule has 0 aromatic carbocycles. The fourth-order valence-corrected chi connectivity index (χ4v) is 1.85. The van der Waals surface area contributed by atoms with Crippen LogP contribution in [0.2, 0.25) is 0 Å². The Morgan fingerprint density at radius 1 is 1.25 bits per heavy atom. The second-order valence-corrected chi connectivity index (χ2v) is 4.68. The average Bonchev–Trinajstić information content (AvgIpc) is 2.26. The minimum Gasteiger partial charge on any atom is -0.383 e. The minimum atomic E-state index is 0.493. The Hall–Kier alpha value is -0.120. The van der Waals surface area contributed by atoms with E-state index in [-0.39, 0.29) is 0 Å². The van der Waals surface area contributed by atoms with Gasteiger partial charge in [0.1, 0.15) is 0 Å². The van der Waals surface area contributed by atoms with Crippen LogP contribution in [-0.2, 0) is 4.74 Å². The summed E-state index contributed by atoms with van der Waals surface area (Å²) in [6, 6.07) is 1.11. The van der Waals surface area contributed by atoms with Crippen LogP contribution in [0.15, 0.2) is 0 Å². The van der Waals surface area contributed by atoms with Crippen LogP contribution >= 0.6 is 0 Å². The lowest BCUT2D eigenvalue weighted by atomic mass is 10.1. The van der Waals surface area contributed by atoms with Crippen molar-refractivity contribution >= 4 is 0 Å². The summed E-state index contributed by atoms with van der Waals surface area (Å²) in [6.07, 6.45) is 3.70. The maximum atomic E-state index is 5.19. The van der Waals surface area contributed by atoms with Crippen molar-refractivity contribution in [1.29, 1.82) is 0 Å². The van der Waals surface area contributed by atoms with E-state index < -0.39 is 0 Å². The number of methoxy groups -OCH3 is 1. The molecule has 0 rings (SSSR count). The number of nitrogens with one attached hydrogen (secondary N) is 1. The molecule has 0 saturated carbocycles. The zero-order chi connectivity index (χ0) is 12.4. The Bertz CT molecular complexity index is 153. The molecule has 98 valence electrons. The molecular weight excluding hydrogens is 200 g/mol. The minimum absolute atomic E-state index is 0.493. The van der Waals surface area contributed by atoms with Gasteiger partial charge in [0, 0.05) is 25.7 Å². The molecule has 2 unspecified atom stereocenters. The van der Waals surface area contributed by atoms with E-state index in [4.69, 9.17) is 4.74 Å². The molecule has 2 atom stereocenters. The van der Waals surface area contributed by atoms with E-state index >= 15 is 0 Å². The van der Waals surface area contributed by atoms with Crippen LogP contribution in [0, 0.1) is 0 Å². The Morgan fingerprint density at radius 2 is 1.94 bits per heavy atom. The lowest BCUT2D eigenvalue weighted by Gasteiger charge is -2.29. The highest BCUT2D eigenvalue weighted by Crippen LogP contribution is 2.03. The summed E-state index contributed by atoms with van der Waals surface area (Å²) in [5.74, 6) is 0. The molecule has 0 radical (unpaired) electrons. The van der Waals surface area contributed by atoms with Gasteiger partial charge in [0.2, 0.25) is 0 Å². The van der Waals surface area contributed by atoms with Gasteiger partial charge in [0.25, 0.3) is 0 Å².